The van der Waals surface area contributed by atoms with Gasteiger partial charge in [0.15, 0.2) is 0 Å². The smallest absolute Gasteiger partial charge is 0.247 e. The number of halogens is 2. The lowest BCUT2D eigenvalue weighted by molar-refractivity contribution is -0.111. The molecule has 1 aliphatic rings. The van der Waals surface area contributed by atoms with Crippen LogP contribution in [-0.4, -0.2) is 66.7 Å². The quantitative estimate of drug-likeness (QED) is 0.150. The molecule has 44 heavy (non-hydrogen) atoms. The van der Waals surface area contributed by atoms with Crippen LogP contribution in [0, 0.1) is 5.92 Å². The van der Waals surface area contributed by atoms with Gasteiger partial charge in [0, 0.05) is 49.0 Å². The highest BCUT2D eigenvalue weighted by molar-refractivity contribution is 6.41. The number of hydrogen-bond donors (Lipinski definition) is 3. The normalized spacial score (nSPS) is 13.0. The summed E-state index contributed by atoms with van der Waals surface area (Å²) in [6.07, 6.45) is 4.27. The van der Waals surface area contributed by atoms with E-state index in [2.05, 4.69) is 49.4 Å². The van der Waals surface area contributed by atoms with E-state index in [1.165, 1.54) is 26.6 Å². The van der Waals surface area contributed by atoms with Crippen LogP contribution in [0.3, 0.4) is 0 Å². The topological polar surface area (TPSA) is 123 Å². The molecule has 4 aromatic rings. The maximum Gasteiger partial charge on any atom is 0.247 e. The molecular formula is C31H31Cl2N7O4. The van der Waals surface area contributed by atoms with Crippen LogP contribution in [0.2, 0.25) is 10.0 Å². The summed E-state index contributed by atoms with van der Waals surface area (Å²) in [5.41, 5.74) is 2.69. The molecule has 1 aliphatic heterocycles. The molecular weight excluding hydrogens is 605 g/mol. The molecule has 228 valence electrons. The van der Waals surface area contributed by atoms with Crippen LogP contribution in [0.15, 0.2) is 67.6 Å². The standard InChI is InChI=1S/C31H31Cl2N7O4/c1-5-27(41)38-23-11-19(44-16-18-14-40(2)15-18)8-9-21(23)37-26-12-22(35-17-36-26)20-7-6-10-34-31(20)39-30-28(32)24(42-3)13-25(43-4)29(30)33/h5-13,17-18H,1,14-16H2,2-4H3,(H,34,39)(H,38,41)(H,35,36,37). The number of pyridine rings is 1. The Kier molecular flexibility index (Phi) is 9.69. The number of nitrogens with zero attached hydrogens (tertiary/aromatic N) is 4. The molecule has 1 amide bonds. The Morgan fingerprint density at radius 3 is 2.45 bits per heavy atom. The highest BCUT2D eigenvalue weighted by atomic mass is 35.5. The minimum Gasteiger partial charge on any atom is -0.495 e. The number of aromatic nitrogens is 3. The van der Waals surface area contributed by atoms with E-state index in [9.17, 15) is 4.79 Å². The van der Waals surface area contributed by atoms with Gasteiger partial charge in [-0.2, -0.15) is 0 Å². The predicted molar refractivity (Wildman–Crippen MR) is 173 cm³/mol. The number of ether oxygens (including phenoxy) is 3. The van der Waals surface area contributed by atoms with Crippen molar-refractivity contribution >= 4 is 57.8 Å². The van der Waals surface area contributed by atoms with Crippen LogP contribution in [0.1, 0.15) is 0 Å². The van der Waals surface area contributed by atoms with E-state index >= 15 is 0 Å². The number of likely N-dealkylation sites (tertiary alicyclic amines) is 1. The number of carbonyl (C=O) groups is 1. The average molecular weight is 637 g/mol. The van der Waals surface area contributed by atoms with Crippen molar-refractivity contribution in [3.05, 3.63) is 77.7 Å². The predicted octanol–water partition coefficient (Wildman–Crippen LogP) is 6.41. The summed E-state index contributed by atoms with van der Waals surface area (Å²) >= 11 is 13.2. The lowest BCUT2D eigenvalue weighted by Crippen LogP contribution is -2.46. The second kappa shape index (κ2) is 13.8. The Balaban J connectivity index is 1.42. The Labute approximate surface area is 265 Å². The summed E-state index contributed by atoms with van der Waals surface area (Å²) < 4.78 is 16.8. The zero-order valence-corrected chi connectivity index (χ0v) is 25.9. The molecule has 0 radical (unpaired) electrons. The zero-order valence-electron chi connectivity index (χ0n) is 24.4. The minimum atomic E-state index is -0.355. The summed E-state index contributed by atoms with van der Waals surface area (Å²) in [5.74, 6) is 2.45. The van der Waals surface area contributed by atoms with Gasteiger partial charge < -0.3 is 35.1 Å². The van der Waals surface area contributed by atoms with Crippen LogP contribution >= 0.6 is 23.2 Å². The molecule has 2 aromatic carbocycles. The molecule has 1 saturated heterocycles. The third-order valence-electron chi connectivity index (χ3n) is 6.89. The summed E-state index contributed by atoms with van der Waals surface area (Å²) in [4.78, 5) is 27.8. The van der Waals surface area contributed by atoms with Crippen molar-refractivity contribution in [1.29, 1.82) is 0 Å². The van der Waals surface area contributed by atoms with Crippen molar-refractivity contribution in [3.63, 3.8) is 0 Å². The molecule has 0 spiro atoms. The van der Waals surface area contributed by atoms with E-state index in [0.717, 1.165) is 13.1 Å². The van der Waals surface area contributed by atoms with Gasteiger partial charge in [0.1, 0.15) is 45.3 Å². The van der Waals surface area contributed by atoms with E-state index in [0.29, 0.717) is 69.7 Å². The van der Waals surface area contributed by atoms with Crippen molar-refractivity contribution in [1.82, 2.24) is 19.9 Å². The fourth-order valence-electron chi connectivity index (χ4n) is 4.69. The monoisotopic (exact) mass is 635 g/mol. The minimum absolute atomic E-state index is 0.265. The van der Waals surface area contributed by atoms with E-state index in [1.807, 2.05) is 18.2 Å². The molecule has 13 heteroatoms. The fourth-order valence-corrected chi connectivity index (χ4v) is 5.29. The summed E-state index contributed by atoms with van der Waals surface area (Å²) in [5, 5.41) is 9.85. The molecule has 3 N–H and O–H groups in total. The van der Waals surface area contributed by atoms with Crippen LogP contribution in [0.25, 0.3) is 11.3 Å². The van der Waals surface area contributed by atoms with E-state index < -0.39 is 0 Å². The summed E-state index contributed by atoms with van der Waals surface area (Å²) in [7, 11) is 5.08. The van der Waals surface area contributed by atoms with Gasteiger partial charge in [-0.25, -0.2) is 15.0 Å². The van der Waals surface area contributed by atoms with Gasteiger partial charge in [-0.3, -0.25) is 4.79 Å². The van der Waals surface area contributed by atoms with Crippen molar-refractivity contribution in [2.75, 3.05) is 56.9 Å². The largest absolute Gasteiger partial charge is 0.495 e. The number of amides is 1. The number of hydrogen-bond acceptors (Lipinski definition) is 10. The number of rotatable bonds is 12. The molecule has 11 nitrogen and oxygen atoms in total. The van der Waals surface area contributed by atoms with Crippen molar-refractivity contribution in [2.24, 2.45) is 5.92 Å². The number of benzene rings is 2. The highest BCUT2D eigenvalue weighted by Crippen LogP contribution is 2.46. The first kappa shape index (κ1) is 30.9. The highest BCUT2D eigenvalue weighted by Gasteiger charge is 2.24. The molecule has 5 rings (SSSR count). The van der Waals surface area contributed by atoms with E-state index in [1.54, 1.807) is 30.5 Å². The third-order valence-corrected chi connectivity index (χ3v) is 7.64. The van der Waals surface area contributed by atoms with Crippen molar-refractivity contribution < 1.29 is 19.0 Å². The van der Waals surface area contributed by atoms with Crippen molar-refractivity contribution in [2.45, 2.75) is 0 Å². The third kappa shape index (κ3) is 6.96. The van der Waals surface area contributed by atoms with Gasteiger partial charge in [-0.15, -0.1) is 0 Å². The van der Waals surface area contributed by atoms with Gasteiger partial charge in [-0.05, 0) is 37.4 Å². The van der Waals surface area contributed by atoms with E-state index in [-0.39, 0.29) is 16.0 Å². The average Bonchev–Trinajstić information content (AvgIpc) is 3.02. The second-order valence-electron chi connectivity index (χ2n) is 10.0. The van der Waals surface area contributed by atoms with Gasteiger partial charge in [-0.1, -0.05) is 29.8 Å². The molecule has 0 saturated carbocycles. The number of methoxy groups -OCH3 is 2. The van der Waals surface area contributed by atoms with E-state index in [4.69, 9.17) is 37.4 Å². The maximum atomic E-state index is 12.2. The Morgan fingerprint density at radius 1 is 1.02 bits per heavy atom. The number of nitrogens with one attached hydrogen (secondary N) is 3. The summed E-state index contributed by atoms with van der Waals surface area (Å²) in [6.45, 7) is 6.15. The van der Waals surface area contributed by atoms with Gasteiger partial charge in [0.05, 0.1) is 43.6 Å². The summed E-state index contributed by atoms with van der Waals surface area (Å²) in [6, 6.07) is 12.4. The van der Waals surface area contributed by atoms with Crippen LogP contribution in [0.4, 0.5) is 28.7 Å². The number of carbonyl (C=O) groups excluding carboxylic acids is 1. The molecule has 0 atom stereocenters. The Morgan fingerprint density at radius 2 is 1.77 bits per heavy atom. The van der Waals surface area contributed by atoms with Crippen LogP contribution in [-0.2, 0) is 4.79 Å². The lowest BCUT2D eigenvalue weighted by Gasteiger charge is -2.35. The second-order valence-corrected chi connectivity index (χ2v) is 10.8. The Bertz CT molecular complexity index is 1650. The molecule has 2 aromatic heterocycles. The maximum absolute atomic E-state index is 12.2. The van der Waals surface area contributed by atoms with Gasteiger partial charge in [0.2, 0.25) is 5.91 Å². The first-order chi connectivity index (χ1) is 21.3. The molecule has 0 bridgehead atoms. The molecule has 0 unspecified atom stereocenters. The van der Waals surface area contributed by atoms with Gasteiger partial charge >= 0.3 is 0 Å². The van der Waals surface area contributed by atoms with Crippen LogP contribution < -0.4 is 30.2 Å². The van der Waals surface area contributed by atoms with Crippen molar-refractivity contribution in [3.8, 4) is 28.5 Å². The lowest BCUT2D eigenvalue weighted by atomic mass is 10.0. The molecule has 0 aliphatic carbocycles. The van der Waals surface area contributed by atoms with Crippen LogP contribution in [0.5, 0.6) is 17.2 Å². The molecule has 3 heterocycles. The SMILES string of the molecule is C=CC(=O)Nc1cc(OCC2CN(C)C2)ccc1Nc1cc(-c2cccnc2Nc2c(Cl)c(OC)cc(OC)c2Cl)ncn1. The fraction of sp³-hybridized carbons (Fsp3) is 0.226. The number of anilines is 5. The Hall–Kier alpha value is -4.58. The first-order valence-electron chi connectivity index (χ1n) is 13.6. The van der Waals surface area contributed by atoms with Gasteiger partial charge in [0.25, 0.3) is 0 Å². The zero-order chi connectivity index (χ0) is 31.2. The molecule has 1 fully saturated rings. The first-order valence-corrected chi connectivity index (χ1v) is 14.4.